The number of esters is 2. The largest absolute Gasteiger partial charge is 0.469 e. The highest BCUT2D eigenvalue weighted by Gasteiger charge is 2.17. The Labute approximate surface area is 121 Å². The molecule has 0 aliphatic rings. The van der Waals surface area contributed by atoms with Crippen LogP contribution in [0.5, 0.6) is 0 Å². The van der Waals surface area contributed by atoms with Crippen molar-refractivity contribution in [3.63, 3.8) is 0 Å². The Morgan fingerprint density at radius 3 is 2.60 bits per heavy atom. The minimum atomic E-state index is -0.456. The Morgan fingerprint density at radius 1 is 1.20 bits per heavy atom. The van der Waals surface area contributed by atoms with Crippen molar-refractivity contribution in [3.8, 4) is 0 Å². The zero-order valence-corrected chi connectivity index (χ0v) is 11.9. The fourth-order valence-corrected chi connectivity index (χ4v) is 2.24. The van der Waals surface area contributed by atoms with E-state index in [-0.39, 0.29) is 12.4 Å². The normalized spacial score (nSPS) is 10.6. The summed E-state index contributed by atoms with van der Waals surface area (Å²) >= 11 is 5.94. The Kier molecular flexibility index (Phi) is 4.29. The molecule has 0 saturated heterocycles. The number of carbonyl (C=O) groups is 2. The van der Waals surface area contributed by atoms with Gasteiger partial charge in [-0.05, 0) is 24.3 Å². The maximum absolute atomic E-state index is 11.8. The summed E-state index contributed by atoms with van der Waals surface area (Å²) in [4.78, 5) is 23.1. The van der Waals surface area contributed by atoms with Crippen molar-refractivity contribution in [1.82, 2.24) is 4.57 Å². The van der Waals surface area contributed by atoms with Crippen LogP contribution in [0.1, 0.15) is 16.9 Å². The third kappa shape index (κ3) is 2.77. The summed E-state index contributed by atoms with van der Waals surface area (Å²) in [6.45, 7) is 0.336. The molecular weight excluding hydrogens is 282 g/mol. The number of fused-ring (bicyclic) bond motifs is 1. The van der Waals surface area contributed by atoms with E-state index in [1.807, 2.05) is 0 Å². The lowest BCUT2D eigenvalue weighted by molar-refractivity contribution is -0.140. The van der Waals surface area contributed by atoms with Crippen LogP contribution >= 0.6 is 11.6 Å². The molecule has 5 nitrogen and oxygen atoms in total. The summed E-state index contributed by atoms with van der Waals surface area (Å²) in [5.41, 5.74) is 1.20. The summed E-state index contributed by atoms with van der Waals surface area (Å²) in [6.07, 6.45) is 0.174. The first-order valence-corrected chi connectivity index (χ1v) is 6.38. The van der Waals surface area contributed by atoms with E-state index in [0.717, 1.165) is 10.9 Å². The summed E-state index contributed by atoms with van der Waals surface area (Å²) in [5.74, 6) is -0.793. The van der Waals surface area contributed by atoms with Gasteiger partial charge in [0.15, 0.2) is 0 Å². The van der Waals surface area contributed by atoms with E-state index in [4.69, 9.17) is 16.3 Å². The maximum Gasteiger partial charge on any atom is 0.354 e. The van der Waals surface area contributed by atoms with Gasteiger partial charge in [0.1, 0.15) is 5.69 Å². The van der Waals surface area contributed by atoms with Crippen LogP contribution in [0.15, 0.2) is 24.3 Å². The number of methoxy groups -OCH3 is 2. The van der Waals surface area contributed by atoms with Gasteiger partial charge in [-0.1, -0.05) is 11.6 Å². The summed E-state index contributed by atoms with van der Waals surface area (Å²) in [5, 5.41) is 1.40. The van der Waals surface area contributed by atoms with Crippen LogP contribution in [0.25, 0.3) is 10.9 Å². The van der Waals surface area contributed by atoms with Crippen molar-refractivity contribution in [2.75, 3.05) is 14.2 Å². The van der Waals surface area contributed by atoms with Gasteiger partial charge in [-0.15, -0.1) is 0 Å². The number of hydrogen-bond acceptors (Lipinski definition) is 4. The number of nitrogens with zero attached hydrogens (tertiary/aromatic N) is 1. The molecule has 0 bridgehead atoms. The first-order chi connectivity index (χ1) is 9.56. The summed E-state index contributed by atoms with van der Waals surface area (Å²) in [7, 11) is 2.65. The van der Waals surface area contributed by atoms with E-state index in [2.05, 4.69) is 4.74 Å². The quantitative estimate of drug-likeness (QED) is 0.814. The fraction of sp³-hybridized carbons (Fsp3) is 0.286. The summed E-state index contributed by atoms with van der Waals surface area (Å²) in [6, 6.07) is 7.00. The number of benzene rings is 1. The number of ether oxygens (including phenoxy) is 2. The second-order valence-electron chi connectivity index (χ2n) is 4.20. The highest BCUT2D eigenvalue weighted by molar-refractivity contribution is 6.31. The Morgan fingerprint density at radius 2 is 1.95 bits per heavy atom. The zero-order valence-electron chi connectivity index (χ0n) is 11.2. The van der Waals surface area contributed by atoms with Crippen molar-refractivity contribution in [2.24, 2.45) is 0 Å². The van der Waals surface area contributed by atoms with E-state index in [1.54, 1.807) is 28.8 Å². The molecule has 2 rings (SSSR count). The molecule has 1 heterocycles. The van der Waals surface area contributed by atoms with Crippen molar-refractivity contribution in [3.05, 3.63) is 35.0 Å². The monoisotopic (exact) mass is 295 g/mol. The zero-order chi connectivity index (χ0) is 14.7. The number of rotatable bonds is 4. The molecule has 0 N–H and O–H groups in total. The standard InChI is InChI=1S/C14H14ClNO4/c1-19-13(17)5-6-16-11-4-3-10(15)7-9(11)8-12(16)14(18)20-2/h3-4,7-8H,5-6H2,1-2H3. The van der Waals surface area contributed by atoms with Crippen molar-refractivity contribution < 1.29 is 19.1 Å². The maximum atomic E-state index is 11.8. The van der Waals surface area contributed by atoms with Gasteiger partial charge in [-0.3, -0.25) is 4.79 Å². The predicted molar refractivity (Wildman–Crippen MR) is 74.9 cm³/mol. The van der Waals surface area contributed by atoms with Gasteiger partial charge in [0, 0.05) is 22.5 Å². The molecule has 6 heteroatoms. The molecule has 0 aliphatic carbocycles. The minimum Gasteiger partial charge on any atom is -0.469 e. The topological polar surface area (TPSA) is 57.5 Å². The van der Waals surface area contributed by atoms with Gasteiger partial charge in [-0.25, -0.2) is 4.79 Å². The van der Waals surface area contributed by atoms with Crippen molar-refractivity contribution in [1.29, 1.82) is 0 Å². The number of carbonyl (C=O) groups excluding carboxylic acids is 2. The van der Waals surface area contributed by atoms with Crippen LogP contribution in [0, 0.1) is 0 Å². The van der Waals surface area contributed by atoms with Crippen LogP contribution in [-0.4, -0.2) is 30.7 Å². The lowest BCUT2D eigenvalue weighted by atomic mass is 10.2. The van der Waals surface area contributed by atoms with Crippen LogP contribution < -0.4 is 0 Å². The number of halogens is 1. The third-order valence-corrected chi connectivity index (χ3v) is 3.26. The molecule has 0 spiro atoms. The first kappa shape index (κ1) is 14.4. The van der Waals surface area contributed by atoms with Gasteiger partial charge in [0.2, 0.25) is 0 Å². The highest BCUT2D eigenvalue weighted by Crippen LogP contribution is 2.24. The van der Waals surface area contributed by atoms with Gasteiger partial charge < -0.3 is 14.0 Å². The van der Waals surface area contributed by atoms with E-state index < -0.39 is 5.97 Å². The van der Waals surface area contributed by atoms with Crippen molar-refractivity contribution >= 4 is 34.4 Å². The molecule has 20 heavy (non-hydrogen) atoms. The van der Waals surface area contributed by atoms with E-state index in [0.29, 0.717) is 17.3 Å². The minimum absolute atomic E-state index is 0.174. The molecule has 0 atom stereocenters. The van der Waals surface area contributed by atoms with E-state index in [1.165, 1.54) is 14.2 Å². The second-order valence-corrected chi connectivity index (χ2v) is 4.64. The van der Waals surface area contributed by atoms with Gasteiger partial charge in [-0.2, -0.15) is 0 Å². The molecular formula is C14H14ClNO4. The lowest BCUT2D eigenvalue weighted by Crippen LogP contribution is -2.13. The molecule has 0 radical (unpaired) electrons. The smallest absolute Gasteiger partial charge is 0.354 e. The lowest BCUT2D eigenvalue weighted by Gasteiger charge is -2.08. The Balaban J connectivity index is 2.47. The van der Waals surface area contributed by atoms with Crippen LogP contribution in [0.2, 0.25) is 5.02 Å². The molecule has 2 aromatic rings. The van der Waals surface area contributed by atoms with Gasteiger partial charge in [0.25, 0.3) is 0 Å². The number of aromatic nitrogens is 1. The SMILES string of the molecule is COC(=O)CCn1c(C(=O)OC)cc2cc(Cl)ccc21. The van der Waals surface area contributed by atoms with Crippen LogP contribution in [0.3, 0.4) is 0 Å². The molecule has 0 saturated carbocycles. The Bertz CT molecular complexity index is 662. The molecule has 0 fully saturated rings. The van der Waals surface area contributed by atoms with Crippen LogP contribution in [0.4, 0.5) is 0 Å². The number of hydrogen-bond donors (Lipinski definition) is 0. The fourth-order valence-electron chi connectivity index (χ4n) is 2.06. The molecule has 0 amide bonds. The Hall–Kier alpha value is -2.01. The third-order valence-electron chi connectivity index (χ3n) is 3.03. The van der Waals surface area contributed by atoms with E-state index >= 15 is 0 Å². The first-order valence-electron chi connectivity index (χ1n) is 6.00. The summed E-state index contributed by atoms with van der Waals surface area (Å²) < 4.78 is 11.1. The van der Waals surface area contributed by atoms with Gasteiger partial charge in [0.05, 0.1) is 20.6 Å². The predicted octanol–water partition coefficient (Wildman–Crippen LogP) is 2.64. The molecule has 1 aromatic heterocycles. The van der Waals surface area contributed by atoms with Crippen LogP contribution in [-0.2, 0) is 20.8 Å². The van der Waals surface area contributed by atoms with E-state index in [9.17, 15) is 9.59 Å². The second kappa shape index (κ2) is 5.96. The number of aryl methyl sites for hydroxylation is 1. The average Bonchev–Trinajstić information content (AvgIpc) is 2.81. The average molecular weight is 296 g/mol. The van der Waals surface area contributed by atoms with Crippen molar-refractivity contribution in [2.45, 2.75) is 13.0 Å². The molecule has 0 unspecified atom stereocenters. The molecule has 0 aliphatic heterocycles. The highest BCUT2D eigenvalue weighted by atomic mass is 35.5. The molecule has 106 valence electrons. The molecule has 1 aromatic carbocycles. The van der Waals surface area contributed by atoms with Gasteiger partial charge >= 0.3 is 11.9 Å².